The summed E-state index contributed by atoms with van der Waals surface area (Å²) in [6.07, 6.45) is 0. The maximum absolute atomic E-state index is 5.88. The van der Waals surface area contributed by atoms with Crippen LogP contribution in [-0.4, -0.2) is 0 Å². The molecule has 19 heavy (non-hydrogen) atoms. The van der Waals surface area contributed by atoms with Crippen molar-refractivity contribution in [2.24, 2.45) is 0 Å². The van der Waals surface area contributed by atoms with Crippen LogP contribution in [0.25, 0.3) is 0 Å². The van der Waals surface area contributed by atoms with Gasteiger partial charge < -0.3 is 4.74 Å². The molecule has 2 rings (SSSR count). The van der Waals surface area contributed by atoms with E-state index in [9.17, 15) is 0 Å². The van der Waals surface area contributed by atoms with E-state index in [2.05, 4.69) is 60.1 Å². The molecule has 0 spiro atoms. The van der Waals surface area contributed by atoms with Crippen LogP contribution in [0.15, 0.2) is 48.5 Å². The highest BCUT2D eigenvalue weighted by Crippen LogP contribution is 2.22. The van der Waals surface area contributed by atoms with Crippen molar-refractivity contribution in [3.05, 3.63) is 65.2 Å². The van der Waals surface area contributed by atoms with Crippen LogP contribution in [0.5, 0.6) is 5.75 Å². The van der Waals surface area contributed by atoms with Crippen LogP contribution < -0.4 is 4.74 Å². The van der Waals surface area contributed by atoms with Crippen LogP contribution in [0.1, 0.15) is 36.5 Å². The van der Waals surface area contributed by atoms with Crippen molar-refractivity contribution in [2.45, 2.75) is 31.7 Å². The first-order valence-corrected chi connectivity index (χ1v) is 7.68. The summed E-state index contributed by atoms with van der Waals surface area (Å²) in [6, 6.07) is 16.8. The molecule has 0 atom stereocenters. The highest BCUT2D eigenvalue weighted by atomic mass is 79.9. The molecule has 0 bridgehead atoms. The van der Waals surface area contributed by atoms with Gasteiger partial charge in [0, 0.05) is 10.9 Å². The second kappa shape index (κ2) is 6.76. The molecule has 0 saturated heterocycles. The monoisotopic (exact) mass is 318 g/mol. The topological polar surface area (TPSA) is 9.23 Å². The summed E-state index contributed by atoms with van der Waals surface area (Å²) in [4.78, 5) is 0. The Morgan fingerprint density at radius 2 is 1.68 bits per heavy atom. The van der Waals surface area contributed by atoms with Crippen LogP contribution in [0.4, 0.5) is 0 Å². The van der Waals surface area contributed by atoms with Crippen molar-refractivity contribution in [2.75, 3.05) is 0 Å². The Bertz CT molecular complexity index is 517. The smallest absolute Gasteiger partial charge is 0.123 e. The predicted molar refractivity (Wildman–Crippen MR) is 83.9 cm³/mol. The molecule has 2 heteroatoms. The van der Waals surface area contributed by atoms with Crippen molar-refractivity contribution in [3.8, 4) is 5.75 Å². The molecule has 0 aliphatic carbocycles. The Kier molecular flexibility index (Phi) is 5.03. The lowest BCUT2D eigenvalue weighted by Crippen LogP contribution is -1.98. The number of halogens is 1. The first kappa shape index (κ1) is 14.1. The van der Waals surface area contributed by atoms with Gasteiger partial charge in [-0.15, -0.1) is 0 Å². The number of rotatable bonds is 5. The molecular weight excluding hydrogens is 300 g/mol. The van der Waals surface area contributed by atoms with Crippen LogP contribution in [0.2, 0.25) is 0 Å². The molecule has 0 saturated carbocycles. The number of para-hydroxylation sites is 1. The Balaban J connectivity index is 2.02. The number of alkyl halides is 1. The predicted octanol–water partition coefficient (Wildman–Crippen LogP) is 5.28. The van der Waals surface area contributed by atoms with Gasteiger partial charge in [-0.2, -0.15) is 0 Å². The minimum Gasteiger partial charge on any atom is -0.489 e. The molecule has 0 N–H and O–H groups in total. The second-order valence-electron chi connectivity index (χ2n) is 4.93. The molecule has 0 radical (unpaired) electrons. The van der Waals surface area contributed by atoms with Crippen molar-refractivity contribution in [1.29, 1.82) is 0 Å². The van der Waals surface area contributed by atoms with Gasteiger partial charge in [0.25, 0.3) is 0 Å². The Labute approximate surface area is 123 Å². The SMILES string of the molecule is CC(C)c1ccc(COc2ccccc2CBr)cc1. The zero-order chi connectivity index (χ0) is 13.7. The van der Waals surface area contributed by atoms with Crippen LogP contribution in [0.3, 0.4) is 0 Å². The van der Waals surface area contributed by atoms with Gasteiger partial charge in [-0.1, -0.05) is 72.2 Å². The Morgan fingerprint density at radius 1 is 1.00 bits per heavy atom. The summed E-state index contributed by atoms with van der Waals surface area (Å²) in [5.74, 6) is 1.52. The summed E-state index contributed by atoms with van der Waals surface area (Å²) in [5.41, 5.74) is 3.75. The van der Waals surface area contributed by atoms with Gasteiger partial charge in [-0.3, -0.25) is 0 Å². The average Bonchev–Trinajstić information content (AvgIpc) is 2.45. The molecule has 0 aliphatic rings. The zero-order valence-corrected chi connectivity index (χ0v) is 13.0. The lowest BCUT2D eigenvalue weighted by Gasteiger charge is -2.11. The number of benzene rings is 2. The van der Waals surface area contributed by atoms with Gasteiger partial charge in [0.2, 0.25) is 0 Å². The minimum atomic E-state index is 0.573. The molecule has 0 fully saturated rings. The average molecular weight is 319 g/mol. The normalized spacial score (nSPS) is 10.7. The maximum atomic E-state index is 5.88. The van der Waals surface area contributed by atoms with Gasteiger partial charge in [0.15, 0.2) is 0 Å². The molecule has 0 amide bonds. The summed E-state index contributed by atoms with van der Waals surface area (Å²) in [5, 5.41) is 0.815. The largest absolute Gasteiger partial charge is 0.489 e. The van der Waals surface area contributed by atoms with Crippen molar-refractivity contribution in [3.63, 3.8) is 0 Å². The lowest BCUT2D eigenvalue weighted by molar-refractivity contribution is 0.304. The zero-order valence-electron chi connectivity index (χ0n) is 11.4. The highest BCUT2D eigenvalue weighted by Gasteiger charge is 2.03. The number of hydrogen-bond donors (Lipinski definition) is 0. The fraction of sp³-hybridized carbons (Fsp3) is 0.294. The molecule has 2 aromatic rings. The van der Waals surface area contributed by atoms with Crippen molar-refractivity contribution >= 4 is 15.9 Å². The quantitative estimate of drug-likeness (QED) is 0.681. The molecule has 2 aromatic carbocycles. The second-order valence-corrected chi connectivity index (χ2v) is 5.49. The summed E-state index contributed by atoms with van der Waals surface area (Å²) in [7, 11) is 0. The summed E-state index contributed by atoms with van der Waals surface area (Å²) >= 11 is 3.48. The van der Waals surface area contributed by atoms with E-state index in [4.69, 9.17) is 4.74 Å². The third-order valence-electron chi connectivity index (χ3n) is 3.16. The van der Waals surface area contributed by atoms with Gasteiger partial charge in [-0.25, -0.2) is 0 Å². The van der Waals surface area contributed by atoms with E-state index in [0.717, 1.165) is 11.1 Å². The molecule has 0 unspecified atom stereocenters. The minimum absolute atomic E-state index is 0.573. The molecule has 100 valence electrons. The van der Waals surface area contributed by atoms with E-state index in [1.165, 1.54) is 16.7 Å². The fourth-order valence-electron chi connectivity index (χ4n) is 1.91. The highest BCUT2D eigenvalue weighted by molar-refractivity contribution is 9.08. The Morgan fingerprint density at radius 3 is 2.32 bits per heavy atom. The third-order valence-corrected chi connectivity index (χ3v) is 3.76. The van der Waals surface area contributed by atoms with E-state index < -0.39 is 0 Å². The summed E-state index contributed by atoms with van der Waals surface area (Å²) < 4.78 is 5.88. The first-order valence-electron chi connectivity index (χ1n) is 6.56. The molecule has 0 aromatic heterocycles. The van der Waals surface area contributed by atoms with Gasteiger partial charge >= 0.3 is 0 Å². The van der Waals surface area contributed by atoms with Crippen molar-refractivity contribution in [1.82, 2.24) is 0 Å². The molecule has 0 heterocycles. The Hall–Kier alpha value is -1.28. The standard InChI is InChI=1S/C17H19BrO/c1-13(2)15-9-7-14(8-10-15)12-19-17-6-4-3-5-16(17)11-18/h3-10,13H,11-12H2,1-2H3. The van der Waals surface area contributed by atoms with Gasteiger partial charge in [0.05, 0.1) is 0 Å². The van der Waals surface area contributed by atoms with Gasteiger partial charge in [0.1, 0.15) is 12.4 Å². The van der Waals surface area contributed by atoms with E-state index >= 15 is 0 Å². The number of ether oxygens (including phenoxy) is 1. The lowest BCUT2D eigenvalue weighted by atomic mass is 10.0. The molecular formula is C17H19BrO. The van der Waals surface area contributed by atoms with E-state index in [1.54, 1.807) is 0 Å². The van der Waals surface area contributed by atoms with E-state index in [1.807, 2.05) is 18.2 Å². The fourth-order valence-corrected chi connectivity index (χ4v) is 2.38. The summed E-state index contributed by atoms with van der Waals surface area (Å²) in [6.45, 7) is 5.03. The van der Waals surface area contributed by atoms with E-state index in [-0.39, 0.29) is 0 Å². The molecule has 0 aliphatic heterocycles. The molecule has 1 nitrogen and oxygen atoms in total. The van der Waals surface area contributed by atoms with E-state index in [0.29, 0.717) is 12.5 Å². The van der Waals surface area contributed by atoms with Crippen molar-refractivity contribution < 1.29 is 4.74 Å². The maximum Gasteiger partial charge on any atom is 0.123 e. The van der Waals surface area contributed by atoms with Crippen LogP contribution in [0, 0.1) is 0 Å². The number of hydrogen-bond acceptors (Lipinski definition) is 1. The van der Waals surface area contributed by atoms with Crippen LogP contribution in [-0.2, 0) is 11.9 Å². The third kappa shape index (κ3) is 3.84. The van der Waals surface area contributed by atoms with Crippen LogP contribution >= 0.6 is 15.9 Å². The first-order chi connectivity index (χ1) is 9.20. The van der Waals surface area contributed by atoms with Gasteiger partial charge in [-0.05, 0) is 23.1 Å².